The first-order chi connectivity index (χ1) is 12.7. The Hall–Kier alpha value is -3.15. The number of methoxy groups -OCH3 is 1. The quantitative estimate of drug-likeness (QED) is 0.803. The van der Waals surface area contributed by atoms with Crippen molar-refractivity contribution in [2.45, 2.75) is 6.92 Å². The maximum Gasteiger partial charge on any atom is 0.248 e. The van der Waals surface area contributed by atoms with Crippen molar-refractivity contribution in [3.63, 3.8) is 0 Å². The Morgan fingerprint density at radius 2 is 1.92 bits per heavy atom. The van der Waals surface area contributed by atoms with E-state index in [4.69, 9.17) is 18.9 Å². The number of anilines is 1. The number of hydrogen-bond acceptors (Lipinski definition) is 5. The highest BCUT2D eigenvalue weighted by molar-refractivity contribution is 6.02. The number of carbonyl (C=O) groups excluding carboxylic acids is 1. The Morgan fingerprint density at radius 3 is 2.69 bits per heavy atom. The molecule has 1 amide bonds. The largest absolute Gasteiger partial charge is 0.493 e. The van der Waals surface area contributed by atoms with Gasteiger partial charge in [0.25, 0.3) is 0 Å². The maximum atomic E-state index is 12.2. The van der Waals surface area contributed by atoms with E-state index < -0.39 is 0 Å². The zero-order valence-corrected chi connectivity index (χ0v) is 14.8. The van der Waals surface area contributed by atoms with Crippen LogP contribution in [0.4, 0.5) is 5.69 Å². The molecule has 6 nitrogen and oxygen atoms in total. The molecule has 0 radical (unpaired) electrons. The fraction of sp³-hybridized carbons (Fsp3) is 0.250. The van der Waals surface area contributed by atoms with Crippen LogP contribution in [0.5, 0.6) is 23.0 Å². The highest BCUT2D eigenvalue weighted by atomic mass is 16.6. The minimum absolute atomic E-state index is 0.241. The van der Waals surface area contributed by atoms with Gasteiger partial charge in [0.1, 0.15) is 13.2 Å². The minimum atomic E-state index is -0.241. The molecule has 0 unspecified atom stereocenters. The molecular formula is C20H21NO5. The normalized spacial score (nSPS) is 12.7. The third kappa shape index (κ3) is 4.27. The van der Waals surface area contributed by atoms with Gasteiger partial charge in [-0.3, -0.25) is 4.79 Å². The van der Waals surface area contributed by atoms with Crippen LogP contribution in [-0.4, -0.2) is 32.8 Å². The van der Waals surface area contributed by atoms with E-state index in [-0.39, 0.29) is 5.91 Å². The van der Waals surface area contributed by atoms with Gasteiger partial charge in [-0.15, -0.1) is 0 Å². The van der Waals surface area contributed by atoms with E-state index in [1.54, 1.807) is 31.4 Å². The Balaban J connectivity index is 1.66. The summed E-state index contributed by atoms with van der Waals surface area (Å²) in [5.74, 6) is 2.38. The summed E-state index contributed by atoms with van der Waals surface area (Å²) in [5.41, 5.74) is 1.48. The van der Waals surface area contributed by atoms with Gasteiger partial charge in [0, 0.05) is 17.8 Å². The van der Waals surface area contributed by atoms with Crippen molar-refractivity contribution in [2.24, 2.45) is 0 Å². The van der Waals surface area contributed by atoms with Gasteiger partial charge in [-0.05, 0) is 42.8 Å². The predicted molar refractivity (Wildman–Crippen MR) is 99.3 cm³/mol. The van der Waals surface area contributed by atoms with E-state index in [2.05, 4.69) is 5.32 Å². The van der Waals surface area contributed by atoms with Crippen molar-refractivity contribution in [3.05, 3.63) is 48.0 Å². The number of fused-ring (bicyclic) bond motifs is 1. The van der Waals surface area contributed by atoms with E-state index >= 15 is 0 Å². The molecule has 0 saturated carbocycles. The van der Waals surface area contributed by atoms with Crippen LogP contribution in [-0.2, 0) is 4.79 Å². The summed E-state index contributed by atoms with van der Waals surface area (Å²) in [6.07, 6.45) is 3.18. The second-order valence-corrected chi connectivity index (χ2v) is 5.52. The molecule has 0 saturated heterocycles. The van der Waals surface area contributed by atoms with Crippen molar-refractivity contribution < 1.29 is 23.7 Å². The van der Waals surface area contributed by atoms with Crippen LogP contribution in [0.15, 0.2) is 42.5 Å². The predicted octanol–water partition coefficient (Wildman–Crippen LogP) is 3.52. The highest BCUT2D eigenvalue weighted by Gasteiger charge is 2.12. The number of hydrogen-bond donors (Lipinski definition) is 1. The molecule has 1 aliphatic rings. The Labute approximate surface area is 152 Å². The average Bonchev–Trinajstić information content (AvgIpc) is 2.67. The van der Waals surface area contributed by atoms with Gasteiger partial charge >= 0.3 is 0 Å². The molecule has 0 fully saturated rings. The molecule has 2 aromatic rings. The van der Waals surface area contributed by atoms with Crippen molar-refractivity contribution in [1.29, 1.82) is 0 Å². The number of amides is 1. The van der Waals surface area contributed by atoms with Gasteiger partial charge in [0.15, 0.2) is 23.0 Å². The summed E-state index contributed by atoms with van der Waals surface area (Å²) in [7, 11) is 1.58. The van der Waals surface area contributed by atoms with Crippen molar-refractivity contribution in [2.75, 3.05) is 32.2 Å². The van der Waals surface area contributed by atoms with Crippen LogP contribution in [0.3, 0.4) is 0 Å². The molecular weight excluding hydrogens is 334 g/mol. The fourth-order valence-corrected chi connectivity index (χ4v) is 2.54. The molecule has 0 aromatic heterocycles. The fourth-order valence-electron chi connectivity index (χ4n) is 2.54. The molecule has 1 heterocycles. The van der Waals surface area contributed by atoms with Gasteiger partial charge < -0.3 is 24.3 Å². The average molecular weight is 355 g/mol. The summed E-state index contributed by atoms with van der Waals surface area (Å²) in [5, 5.41) is 2.81. The van der Waals surface area contributed by atoms with Crippen LogP contribution < -0.4 is 24.3 Å². The van der Waals surface area contributed by atoms with Gasteiger partial charge in [-0.1, -0.05) is 6.07 Å². The lowest BCUT2D eigenvalue weighted by Gasteiger charge is -2.18. The van der Waals surface area contributed by atoms with Crippen LogP contribution in [0, 0.1) is 0 Å². The van der Waals surface area contributed by atoms with E-state index in [1.165, 1.54) is 6.08 Å². The molecule has 3 rings (SSSR count). The third-order valence-electron chi connectivity index (χ3n) is 3.72. The van der Waals surface area contributed by atoms with Gasteiger partial charge in [0.05, 0.1) is 13.7 Å². The van der Waals surface area contributed by atoms with E-state index in [0.717, 1.165) is 5.56 Å². The Kier molecular flexibility index (Phi) is 5.63. The number of ether oxygens (including phenoxy) is 4. The number of nitrogens with one attached hydrogen (secondary N) is 1. The summed E-state index contributed by atoms with van der Waals surface area (Å²) < 4.78 is 21.8. The summed E-state index contributed by atoms with van der Waals surface area (Å²) in [6, 6.07) is 10.8. The number of benzene rings is 2. The van der Waals surface area contributed by atoms with Gasteiger partial charge in [0.2, 0.25) is 5.91 Å². The SMILES string of the molecule is CCOc1ccc(/C=C\C(=O)Nc2ccc3c(c2)OCCO3)cc1OC. The Bertz CT molecular complexity index is 816. The van der Waals surface area contributed by atoms with Gasteiger partial charge in [-0.2, -0.15) is 0 Å². The first-order valence-corrected chi connectivity index (χ1v) is 8.39. The topological polar surface area (TPSA) is 66.0 Å². The van der Waals surface area contributed by atoms with Crippen LogP contribution in [0.25, 0.3) is 6.08 Å². The summed E-state index contributed by atoms with van der Waals surface area (Å²) in [6.45, 7) is 3.51. The molecule has 0 bridgehead atoms. The third-order valence-corrected chi connectivity index (χ3v) is 3.72. The van der Waals surface area contributed by atoms with Crippen LogP contribution in [0.1, 0.15) is 12.5 Å². The maximum absolute atomic E-state index is 12.2. The lowest BCUT2D eigenvalue weighted by Crippen LogP contribution is -2.16. The molecule has 6 heteroatoms. The van der Waals surface area contributed by atoms with Crippen molar-refractivity contribution in [3.8, 4) is 23.0 Å². The standard InChI is InChI=1S/C20H21NO5/c1-3-24-16-7-4-14(12-18(16)23-2)5-9-20(22)21-15-6-8-17-19(13-15)26-11-10-25-17/h4-9,12-13H,3,10-11H2,1-2H3,(H,21,22)/b9-5-. The first-order valence-electron chi connectivity index (χ1n) is 8.39. The molecule has 2 aromatic carbocycles. The molecule has 136 valence electrons. The summed E-state index contributed by atoms with van der Waals surface area (Å²) >= 11 is 0. The molecule has 1 N–H and O–H groups in total. The number of carbonyl (C=O) groups is 1. The molecule has 0 spiro atoms. The first kappa shape index (κ1) is 17.7. The monoisotopic (exact) mass is 355 g/mol. The molecule has 1 aliphatic heterocycles. The lowest BCUT2D eigenvalue weighted by molar-refractivity contribution is -0.111. The molecule has 0 aliphatic carbocycles. The van der Waals surface area contributed by atoms with E-state index in [1.807, 2.05) is 25.1 Å². The molecule has 26 heavy (non-hydrogen) atoms. The molecule has 0 atom stereocenters. The van der Waals surface area contributed by atoms with Crippen molar-refractivity contribution in [1.82, 2.24) is 0 Å². The smallest absolute Gasteiger partial charge is 0.248 e. The van der Waals surface area contributed by atoms with Gasteiger partial charge in [-0.25, -0.2) is 0 Å². The van der Waals surface area contributed by atoms with E-state index in [0.29, 0.717) is 48.5 Å². The number of rotatable bonds is 6. The second-order valence-electron chi connectivity index (χ2n) is 5.52. The van der Waals surface area contributed by atoms with Crippen LogP contribution in [0.2, 0.25) is 0 Å². The lowest BCUT2D eigenvalue weighted by atomic mass is 10.2. The summed E-state index contributed by atoms with van der Waals surface area (Å²) in [4.78, 5) is 12.2. The minimum Gasteiger partial charge on any atom is -0.493 e. The zero-order valence-electron chi connectivity index (χ0n) is 14.8. The zero-order chi connectivity index (χ0) is 18.4. The highest BCUT2D eigenvalue weighted by Crippen LogP contribution is 2.32. The second kappa shape index (κ2) is 8.29. The van der Waals surface area contributed by atoms with Crippen molar-refractivity contribution >= 4 is 17.7 Å². The van der Waals surface area contributed by atoms with E-state index in [9.17, 15) is 4.79 Å². The van der Waals surface area contributed by atoms with Crippen LogP contribution >= 0.6 is 0 Å². The Morgan fingerprint density at radius 1 is 1.12 bits per heavy atom.